The molecule has 0 heterocycles. The van der Waals surface area contributed by atoms with Crippen LogP contribution in [-0.4, -0.2) is 23.6 Å². The van der Waals surface area contributed by atoms with Crippen LogP contribution in [0.1, 0.15) is 21.5 Å². The summed E-state index contributed by atoms with van der Waals surface area (Å²) in [7, 11) is 1.55. The third-order valence-corrected chi connectivity index (χ3v) is 3.19. The molecule has 0 aromatic heterocycles. The summed E-state index contributed by atoms with van der Waals surface area (Å²) < 4.78 is 12.8. The lowest BCUT2D eigenvalue weighted by molar-refractivity contribution is -0.125. The molecule has 0 saturated heterocycles. The van der Waals surface area contributed by atoms with Gasteiger partial charge in [-0.15, -0.1) is 0 Å². The van der Waals surface area contributed by atoms with Crippen molar-refractivity contribution in [2.45, 2.75) is 13.5 Å². The maximum absolute atomic E-state index is 12.8. The molecule has 2 rings (SSSR count). The highest BCUT2D eigenvalue weighted by atomic mass is 19.1. The normalized spacial score (nSPS) is 10.2. The predicted octanol–water partition coefficient (Wildman–Crippen LogP) is 2.98. The fourth-order valence-corrected chi connectivity index (χ4v) is 1.94. The number of hydrogen-bond donors (Lipinski definition) is 0. The van der Waals surface area contributed by atoms with E-state index in [9.17, 15) is 14.0 Å². The lowest BCUT2D eigenvalue weighted by Gasteiger charge is -2.16. The summed E-state index contributed by atoms with van der Waals surface area (Å²) in [5, 5.41) is 0. The van der Waals surface area contributed by atoms with Crippen molar-refractivity contribution in [2.75, 3.05) is 7.05 Å². The van der Waals surface area contributed by atoms with E-state index < -0.39 is 11.7 Å². The van der Waals surface area contributed by atoms with Crippen LogP contribution in [0, 0.1) is 12.7 Å². The summed E-state index contributed by atoms with van der Waals surface area (Å²) in [6.45, 7) is 2.17. The van der Waals surface area contributed by atoms with Gasteiger partial charge in [0.2, 0.25) is 5.78 Å². The third kappa shape index (κ3) is 3.75. The number of aryl methyl sites for hydroxylation is 1. The number of amides is 1. The van der Waals surface area contributed by atoms with Gasteiger partial charge < -0.3 is 4.90 Å². The maximum Gasteiger partial charge on any atom is 0.294 e. The number of ketones is 1. The summed E-state index contributed by atoms with van der Waals surface area (Å²) in [5.41, 5.74) is 2.17. The number of likely N-dealkylation sites (N-methyl/N-ethyl adjacent to an activating group) is 1. The highest BCUT2D eigenvalue weighted by Gasteiger charge is 2.20. The highest BCUT2D eigenvalue weighted by Crippen LogP contribution is 2.09. The minimum atomic E-state index is -0.580. The summed E-state index contributed by atoms with van der Waals surface area (Å²) in [5.74, 6) is -1.45. The molecule has 108 valence electrons. The van der Waals surface area contributed by atoms with Crippen LogP contribution in [0.3, 0.4) is 0 Å². The topological polar surface area (TPSA) is 37.4 Å². The molecule has 0 aliphatic rings. The van der Waals surface area contributed by atoms with E-state index in [0.29, 0.717) is 5.56 Å². The zero-order valence-electron chi connectivity index (χ0n) is 12.0. The van der Waals surface area contributed by atoms with Crippen LogP contribution in [0.5, 0.6) is 0 Å². The zero-order valence-corrected chi connectivity index (χ0v) is 12.0. The van der Waals surface area contributed by atoms with E-state index in [1.54, 1.807) is 43.4 Å². The Morgan fingerprint density at radius 2 is 1.57 bits per heavy atom. The van der Waals surface area contributed by atoms with Crippen LogP contribution in [0.25, 0.3) is 0 Å². The molecular formula is C17H16FNO2. The number of nitrogens with zero attached hydrogens (tertiary/aromatic N) is 1. The molecule has 2 aromatic carbocycles. The first kappa shape index (κ1) is 14.9. The molecule has 0 aliphatic carbocycles. The molecule has 0 unspecified atom stereocenters. The molecule has 0 aliphatic heterocycles. The van der Waals surface area contributed by atoms with E-state index in [1.807, 2.05) is 6.92 Å². The average molecular weight is 285 g/mol. The molecule has 0 radical (unpaired) electrons. The summed E-state index contributed by atoms with van der Waals surface area (Å²) >= 11 is 0. The second-order valence-electron chi connectivity index (χ2n) is 4.98. The molecule has 0 bridgehead atoms. The maximum atomic E-state index is 12.8. The van der Waals surface area contributed by atoms with Crippen LogP contribution in [0.15, 0.2) is 48.5 Å². The SMILES string of the molecule is Cc1ccc(C(=O)C(=O)N(C)Cc2ccc(F)cc2)cc1. The molecular weight excluding hydrogens is 269 g/mol. The lowest BCUT2D eigenvalue weighted by atomic mass is 10.1. The van der Waals surface area contributed by atoms with Crippen LogP contribution >= 0.6 is 0 Å². The van der Waals surface area contributed by atoms with E-state index in [0.717, 1.165) is 11.1 Å². The fourth-order valence-electron chi connectivity index (χ4n) is 1.94. The molecule has 0 spiro atoms. The fraction of sp³-hybridized carbons (Fsp3) is 0.176. The first-order valence-corrected chi connectivity index (χ1v) is 6.58. The first-order chi connectivity index (χ1) is 9.97. The molecule has 0 N–H and O–H groups in total. The number of carbonyl (C=O) groups excluding carboxylic acids is 2. The van der Waals surface area contributed by atoms with E-state index in [4.69, 9.17) is 0 Å². The van der Waals surface area contributed by atoms with Gasteiger partial charge in [0.05, 0.1) is 0 Å². The third-order valence-electron chi connectivity index (χ3n) is 3.19. The number of benzene rings is 2. The van der Waals surface area contributed by atoms with E-state index in [1.165, 1.54) is 17.0 Å². The monoisotopic (exact) mass is 285 g/mol. The molecule has 0 fully saturated rings. The predicted molar refractivity (Wildman–Crippen MR) is 78.4 cm³/mol. The Hall–Kier alpha value is -2.49. The molecule has 3 nitrogen and oxygen atoms in total. The van der Waals surface area contributed by atoms with Gasteiger partial charge in [0.1, 0.15) is 5.82 Å². The van der Waals surface area contributed by atoms with Crippen molar-refractivity contribution in [1.82, 2.24) is 4.90 Å². The Morgan fingerprint density at radius 3 is 2.14 bits per heavy atom. The second kappa shape index (κ2) is 6.31. The molecule has 21 heavy (non-hydrogen) atoms. The molecule has 1 amide bonds. The smallest absolute Gasteiger partial charge is 0.294 e. The zero-order chi connectivity index (χ0) is 15.4. The number of hydrogen-bond acceptors (Lipinski definition) is 2. The van der Waals surface area contributed by atoms with Crippen LogP contribution in [0.2, 0.25) is 0 Å². The number of rotatable bonds is 4. The lowest BCUT2D eigenvalue weighted by Crippen LogP contribution is -2.32. The van der Waals surface area contributed by atoms with Gasteiger partial charge in [-0.05, 0) is 24.6 Å². The average Bonchev–Trinajstić information content (AvgIpc) is 2.49. The van der Waals surface area contributed by atoms with Crippen molar-refractivity contribution in [2.24, 2.45) is 0 Å². The van der Waals surface area contributed by atoms with Gasteiger partial charge in [0.15, 0.2) is 0 Å². The van der Waals surface area contributed by atoms with E-state index in [-0.39, 0.29) is 12.4 Å². The summed E-state index contributed by atoms with van der Waals surface area (Å²) in [6, 6.07) is 12.7. The van der Waals surface area contributed by atoms with Crippen LogP contribution < -0.4 is 0 Å². The van der Waals surface area contributed by atoms with Crippen LogP contribution in [0.4, 0.5) is 4.39 Å². The van der Waals surface area contributed by atoms with Gasteiger partial charge in [-0.2, -0.15) is 0 Å². The standard InChI is InChI=1S/C17H16FNO2/c1-12-3-7-14(8-4-12)16(20)17(21)19(2)11-13-5-9-15(18)10-6-13/h3-10H,11H2,1-2H3. The Labute approximate surface area is 123 Å². The minimum Gasteiger partial charge on any atom is -0.335 e. The van der Waals surface area contributed by atoms with E-state index >= 15 is 0 Å². The van der Waals surface area contributed by atoms with Gasteiger partial charge in [-0.25, -0.2) is 4.39 Å². The van der Waals surface area contributed by atoms with Crippen molar-refractivity contribution >= 4 is 11.7 Å². The second-order valence-corrected chi connectivity index (χ2v) is 4.98. The minimum absolute atomic E-state index is 0.261. The van der Waals surface area contributed by atoms with E-state index in [2.05, 4.69) is 0 Å². The molecule has 0 saturated carbocycles. The van der Waals surface area contributed by atoms with Gasteiger partial charge in [0, 0.05) is 19.2 Å². The van der Waals surface area contributed by atoms with Crippen molar-refractivity contribution in [3.8, 4) is 0 Å². The number of carbonyl (C=O) groups is 2. The Bertz CT molecular complexity index is 647. The molecule has 4 heteroatoms. The van der Waals surface area contributed by atoms with Crippen LogP contribution in [-0.2, 0) is 11.3 Å². The first-order valence-electron chi connectivity index (χ1n) is 6.58. The number of halogens is 1. The Morgan fingerprint density at radius 1 is 1.00 bits per heavy atom. The molecule has 2 aromatic rings. The molecule has 0 atom stereocenters. The quantitative estimate of drug-likeness (QED) is 0.639. The van der Waals surface area contributed by atoms with Crippen molar-refractivity contribution < 1.29 is 14.0 Å². The Kier molecular flexibility index (Phi) is 4.48. The Balaban J connectivity index is 2.06. The van der Waals surface area contributed by atoms with Gasteiger partial charge >= 0.3 is 0 Å². The van der Waals surface area contributed by atoms with Gasteiger partial charge in [0.25, 0.3) is 5.91 Å². The van der Waals surface area contributed by atoms with Crippen molar-refractivity contribution in [1.29, 1.82) is 0 Å². The summed E-state index contributed by atoms with van der Waals surface area (Å²) in [6.07, 6.45) is 0. The van der Waals surface area contributed by atoms with Gasteiger partial charge in [-0.1, -0.05) is 42.0 Å². The van der Waals surface area contributed by atoms with Crippen molar-refractivity contribution in [3.63, 3.8) is 0 Å². The highest BCUT2D eigenvalue weighted by molar-refractivity contribution is 6.42. The summed E-state index contributed by atoms with van der Waals surface area (Å²) in [4.78, 5) is 25.5. The van der Waals surface area contributed by atoms with Gasteiger partial charge in [-0.3, -0.25) is 9.59 Å². The number of Topliss-reactive ketones (excluding diaryl/α,β-unsaturated/α-hetero) is 1. The van der Waals surface area contributed by atoms with Crippen molar-refractivity contribution in [3.05, 3.63) is 71.0 Å². The largest absolute Gasteiger partial charge is 0.335 e.